The molecular weight excluding hydrogens is 360 g/mol. The van der Waals surface area contributed by atoms with Gasteiger partial charge in [-0.3, -0.25) is 4.79 Å². The first-order valence-corrected chi connectivity index (χ1v) is 10.5. The van der Waals surface area contributed by atoms with Crippen LogP contribution >= 0.6 is 11.3 Å². The number of carbonyl (C=O) groups excluding carboxylic acids is 2. The molecule has 1 aliphatic carbocycles. The van der Waals surface area contributed by atoms with E-state index >= 15 is 0 Å². The lowest BCUT2D eigenvalue weighted by Gasteiger charge is -2.24. The van der Waals surface area contributed by atoms with Crippen molar-refractivity contribution < 1.29 is 14.3 Å². The summed E-state index contributed by atoms with van der Waals surface area (Å²) >= 11 is 1.69. The number of hydrogen-bond donors (Lipinski definition) is 1. The SMILES string of the molecule is Cc1cc(C(=O)O[C@@H](C)C(=O)NC2CCCCC2)c(C)n1Cc1cccs1. The predicted octanol–water partition coefficient (Wildman–Crippen LogP) is 4.21. The zero-order valence-electron chi connectivity index (χ0n) is 16.3. The first-order valence-electron chi connectivity index (χ1n) is 9.66. The number of hydrogen-bond acceptors (Lipinski definition) is 4. The molecule has 5 nitrogen and oxygen atoms in total. The molecule has 1 amide bonds. The van der Waals surface area contributed by atoms with Crippen molar-refractivity contribution in [2.75, 3.05) is 0 Å². The molecule has 1 saturated carbocycles. The molecule has 0 aliphatic heterocycles. The monoisotopic (exact) mass is 388 g/mol. The van der Waals surface area contributed by atoms with Gasteiger partial charge < -0.3 is 14.6 Å². The summed E-state index contributed by atoms with van der Waals surface area (Å²) in [5, 5.41) is 5.06. The second kappa shape index (κ2) is 8.74. The Bertz CT molecular complexity index is 789. The van der Waals surface area contributed by atoms with Crippen LogP contribution in [0.3, 0.4) is 0 Å². The van der Waals surface area contributed by atoms with E-state index in [1.807, 2.05) is 31.4 Å². The molecule has 0 radical (unpaired) electrons. The fraction of sp³-hybridized carbons (Fsp3) is 0.524. The second-order valence-electron chi connectivity index (χ2n) is 7.34. The van der Waals surface area contributed by atoms with Crippen LogP contribution < -0.4 is 5.32 Å². The van der Waals surface area contributed by atoms with E-state index in [9.17, 15) is 9.59 Å². The number of nitrogens with zero attached hydrogens (tertiary/aromatic N) is 1. The maximum atomic E-state index is 12.6. The van der Waals surface area contributed by atoms with Gasteiger partial charge in [-0.05, 0) is 51.1 Å². The average molecular weight is 389 g/mol. The number of nitrogens with one attached hydrogen (secondary N) is 1. The highest BCUT2D eigenvalue weighted by atomic mass is 32.1. The number of thiophene rings is 1. The molecule has 1 N–H and O–H groups in total. The summed E-state index contributed by atoms with van der Waals surface area (Å²) in [5.74, 6) is -0.644. The molecule has 2 aromatic heterocycles. The average Bonchev–Trinajstić information content (AvgIpc) is 3.26. The third-order valence-corrected chi connectivity index (χ3v) is 6.15. The molecule has 1 fully saturated rings. The van der Waals surface area contributed by atoms with Crippen molar-refractivity contribution in [1.82, 2.24) is 9.88 Å². The molecule has 1 atom stereocenters. The summed E-state index contributed by atoms with van der Waals surface area (Å²) in [6.07, 6.45) is 4.76. The van der Waals surface area contributed by atoms with Crippen molar-refractivity contribution >= 4 is 23.2 Å². The van der Waals surface area contributed by atoms with E-state index in [1.54, 1.807) is 18.3 Å². The van der Waals surface area contributed by atoms with Crippen molar-refractivity contribution in [3.05, 3.63) is 45.4 Å². The molecule has 27 heavy (non-hydrogen) atoms. The topological polar surface area (TPSA) is 60.3 Å². The van der Waals surface area contributed by atoms with Gasteiger partial charge in [0.05, 0.1) is 12.1 Å². The van der Waals surface area contributed by atoms with Crippen molar-refractivity contribution in [3.8, 4) is 0 Å². The van der Waals surface area contributed by atoms with Gasteiger partial charge in [-0.25, -0.2) is 4.79 Å². The Balaban J connectivity index is 1.62. The van der Waals surface area contributed by atoms with Crippen molar-refractivity contribution in [3.63, 3.8) is 0 Å². The van der Waals surface area contributed by atoms with Crippen LogP contribution in [-0.4, -0.2) is 28.6 Å². The standard InChI is InChI=1S/C21H28N2O3S/c1-14-12-19(15(2)23(14)13-18-10-7-11-27-18)21(25)26-16(3)20(24)22-17-8-5-4-6-9-17/h7,10-12,16-17H,4-6,8-9,13H2,1-3H3,(H,22,24)/t16-/m0/s1. The van der Waals surface area contributed by atoms with Gasteiger partial charge in [-0.15, -0.1) is 11.3 Å². The Morgan fingerprint density at radius 2 is 2.04 bits per heavy atom. The lowest BCUT2D eigenvalue weighted by molar-refractivity contribution is -0.130. The maximum Gasteiger partial charge on any atom is 0.340 e. The highest BCUT2D eigenvalue weighted by Crippen LogP contribution is 2.21. The number of aromatic nitrogens is 1. The highest BCUT2D eigenvalue weighted by molar-refractivity contribution is 7.09. The van der Waals surface area contributed by atoms with E-state index in [0.717, 1.165) is 43.6 Å². The Hall–Kier alpha value is -2.08. The van der Waals surface area contributed by atoms with Gasteiger partial charge in [0.2, 0.25) is 0 Å². The summed E-state index contributed by atoms with van der Waals surface area (Å²) in [7, 11) is 0. The third kappa shape index (κ3) is 4.80. The third-order valence-electron chi connectivity index (χ3n) is 5.29. The molecule has 3 rings (SSSR count). The molecule has 0 spiro atoms. The number of carbonyl (C=O) groups is 2. The Kier molecular flexibility index (Phi) is 6.37. The van der Waals surface area contributed by atoms with Crippen LogP contribution in [0.4, 0.5) is 0 Å². The van der Waals surface area contributed by atoms with Gasteiger partial charge in [0.25, 0.3) is 5.91 Å². The van der Waals surface area contributed by atoms with E-state index in [4.69, 9.17) is 4.74 Å². The van der Waals surface area contributed by atoms with E-state index in [-0.39, 0.29) is 11.9 Å². The zero-order valence-corrected chi connectivity index (χ0v) is 17.1. The molecular formula is C21H28N2O3S. The van der Waals surface area contributed by atoms with Gasteiger partial charge in [0.1, 0.15) is 0 Å². The first-order chi connectivity index (χ1) is 13.0. The first kappa shape index (κ1) is 19.7. The number of esters is 1. The van der Waals surface area contributed by atoms with Crippen LogP contribution in [0.5, 0.6) is 0 Å². The second-order valence-corrected chi connectivity index (χ2v) is 8.37. The molecule has 0 aromatic carbocycles. The minimum absolute atomic E-state index is 0.206. The molecule has 0 bridgehead atoms. The Morgan fingerprint density at radius 1 is 1.30 bits per heavy atom. The van der Waals surface area contributed by atoms with Crippen LogP contribution in [0.2, 0.25) is 0 Å². The molecule has 6 heteroatoms. The summed E-state index contributed by atoms with van der Waals surface area (Å²) in [4.78, 5) is 26.2. The molecule has 2 heterocycles. The van der Waals surface area contributed by atoms with Crippen LogP contribution in [0, 0.1) is 13.8 Å². The normalized spacial score (nSPS) is 16.1. The minimum atomic E-state index is -0.792. The van der Waals surface area contributed by atoms with Crippen molar-refractivity contribution in [2.24, 2.45) is 0 Å². The quantitative estimate of drug-likeness (QED) is 0.754. The molecule has 146 valence electrons. The van der Waals surface area contributed by atoms with Gasteiger partial charge >= 0.3 is 5.97 Å². The predicted molar refractivity (Wildman–Crippen MR) is 107 cm³/mol. The zero-order chi connectivity index (χ0) is 19.4. The van der Waals surface area contributed by atoms with Gasteiger partial charge in [0, 0.05) is 22.3 Å². The fourth-order valence-corrected chi connectivity index (χ4v) is 4.35. The van der Waals surface area contributed by atoms with Gasteiger partial charge in [-0.2, -0.15) is 0 Å². The number of aryl methyl sites for hydroxylation is 1. The van der Waals surface area contributed by atoms with Crippen molar-refractivity contribution in [2.45, 2.75) is 71.6 Å². The van der Waals surface area contributed by atoms with E-state index < -0.39 is 12.1 Å². The summed E-state index contributed by atoms with van der Waals surface area (Å²) in [6, 6.07) is 6.16. The van der Waals surface area contributed by atoms with E-state index in [2.05, 4.69) is 16.0 Å². The lowest BCUT2D eigenvalue weighted by Crippen LogP contribution is -2.42. The maximum absolute atomic E-state index is 12.6. The molecule has 1 aliphatic rings. The Morgan fingerprint density at radius 3 is 2.70 bits per heavy atom. The summed E-state index contributed by atoms with van der Waals surface area (Å²) < 4.78 is 7.57. The van der Waals surface area contributed by atoms with Crippen LogP contribution in [0.25, 0.3) is 0 Å². The number of amides is 1. The smallest absolute Gasteiger partial charge is 0.340 e. The largest absolute Gasteiger partial charge is 0.449 e. The van der Waals surface area contributed by atoms with Crippen LogP contribution in [-0.2, 0) is 16.1 Å². The van der Waals surface area contributed by atoms with E-state index in [0.29, 0.717) is 5.56 Å². The van der Waals surface area contributed by atoms with Crippen LogP contribution in [0.1, 0.15) is 65.7 Å². The van der Waals surface area contributed by atoms with E-state index in [1.165, 1.54) is 11.3 Å². The summed E-state index contributed by atoms with van der Waals surface area (Å²) in [6.45, 7) is 6.28. The number of rotatable bonds is 6. The lowest BCUT2D eigenvalue weighted by atomic mass is 9.95. The number of ether oxygens (including phenoxy) is 1. The molecule has 0 saturated heterocycles. The molecule has 2 aromatic rings. The highest BCUT2D eigenvalue weighted by Gasteiger charge is 2.25. The minimum Gasteiger partial charge on any atom is -0.449 e. The fourth-order valence-electron chi connectivity index (χ4n) is 3.65. The van der Waals surface area contributed by atoms with Crippen molar-refractivity contribution in [1.29, 1.82) is 0 Å². The Labute approximate surface area is 164 Å². The van der Waals surface area contributed by atoms with Gasteiger partial charge in [-0.1, -0.05) is 25.3 Å². The van der Waals surface area contributed by atoms with Crippen LogP contribution in [0.15, 0.2) is 23.6 Å². The summed E-state index contributed by atoms with van der Waals surface area (Å²) in [5.41, 5.74) is 2.40. The molecule has 0 unspecified atom stereocenters. The van der Waals surface area contributed by atoms with Gasteiger partial charge in [0.15, 0.2) is 6.10 Å².